The van der Waals surface area contributed by atoms with Gasteiger partial charge in [-0.25, -0.2) is 5.43 Å². The average molecular weight is 383 g/mol. The summed E-state index contributed by atoms with van der Waals surface area (Å²) in [5.74, 6) is 1.91. The van der Waals surface area contributed by atoms with Crippen molar-refractivity contribution < 1.29 is 18.7 Å². The normalized spacial score (nSPS) is 15.7. The van der Waals surface area contributed by atoms with Crippen molar-refractivity contribution in [1.29, 1.82) is 0 Å². The Labute approximate surface area is 160 Å². The van der Waals surface area contributed by atoms with E-state index in [0.717, 1.165) is 5.56 Å². The number of ether oxygens (including phenoxy) is 2. The molecular weight excluding hydrogens is 368 g/mol. The molecule has 4 rings (SSSR count). The summed E-state index contributed by atoms with van der Waals surface area (Å²) in [6.45, 7) is 0.123. The van der Waals surface area contributed by atoms with Crippen LogP contribution in [0.25, 0.3) is 11.3 Å². The standard InChI is InChI=1S/C20H15ClN2O4/c21-14-5-3-4-13(10-14)16-9-8-15(26-16)11-22-23-20(24)19-12-25-17-6-1-2-7-18(17)27-19/h1-11,19H,12H2,(H,23,24)/b22-11-/t19-/m1/s1. The van der Waals surface area contributed by atoms with Crippen molar-refractivity contribution >= 4 is 23.7 Å². The number of fused-ring (bicyclic) bond motifs is 1. The molecule has 2 aromatic carbocycles. The number of furan rings is 1. The number of amides is 1. The van der Waals surface area contributed by atoms with Crippen molar-refractivity contribution in [3.63, 3.8) is 0 Å². The Morgan fingerprint density at radius 2 is 1.96 bits per heavy atom. The Balaban J connectivity index is 1.36. The molecule has 0 radical (unpaired) electrons. The third-order valence-electron chi connectivity index (χ3n) is 3.90. The molecule has 136 valence electrons. The fourth-order valence-corrected chi connectivity index (χ4v) is 2.79. The van der Waals surface area contributed by atoms with Gasteiger partial charge in [-0.15, -0.1) is 0 Å². The summed E-state index contributed by atoms with van der Waals surface area (Å²) in [4.78, 5) is 12.2. The van der Waals surface area contributed by atoms with Crippen molar-refractivity contribution in [1.82, 2.24) is 5.43 Å². The molecule has 6 nitrogen and oxygen atoms in total. The fourth-order valence-electron chi connectivity index (χ4n) is 2.60. The Morgan fingerprint density at radius 3 is 2.81 bits per heavy atom. The molecule has 1 N–H and O–H groups in total. The summed E-state index contributed by atoms with van der Waals surface area (Å²) in [7, 11) is 0. The second kappa shape index (κ2) is 7.55. The summed E-state index contributed by atoms with van der Waals surface area (Å²) in [5.41, 5.74) is 3.29. The fraction of sp³-hybridized carbons (Fsp3) is 0.100. The number of halogens is 1. The van der Waals surface area contributed by atoms with Gasteiger partial charge in [0.1, 0.15) is 18.1 Å². The van der Waals surface area contributed by atoms with E-state index in [9.17, 15) is 4.79 Å². The summed E-state index contributed by atoms with van der Waals surface area (Å²) in [5, 5.41) is 4.54. The molecule has 0 bridgehead atoms. The van der Waals surface area contributed by atoms with Crippen LogP contribution in [0, 0.1) is 0 Å². The number of benzene rings is 2. The molecule has 7 heteroatoms. The third-order valence-corrected chi connectivity index (χ3v) is 4.14. The number of para-hydroxylation sites is 2. The van der Waals surface area contributed by atoms with Gasteiger partial charge in [0.2, 0.25) is 6.10 Å². The minimum Gasteiger partial charge on any atom is -0.485 e. The molecule has 2 heterocycles. The van der Waals surface area contributed by atoms with E-state index in [2.05, 4.69) is 10.5 Å². The first-order valence-corrected chi connectivity index (χ1v) is 8.64. The summed E-state index contributed by atoms with van der Waals surface area (Å²) < 4.78 is 16.8. The lowest BCUT2D eigenvalue weighted by Gasteiger charge is -2.24. The van der Waals surface area contributed by atoms with Crippen LogP contribution >= 0.6 is 11.6 Å². The molecule has 1 atom stereocenters. The van der Waals surface area contributed by atoms with Crippen LogP contribution in [0.5, 0.6) is 11.5 Å². The zero-order valence-corrected chi connectivity index (χ0v) is 14.8. The molecule has 1 aliphatic heterocycles. The molecule has 0 saturated carbocycles. The first-order chi connectivity index (χ1) is 13.2. The number of hydrogen-bond acceptors (Lipinski definition) is 5. The van der Waals surface area contributed by atoms with Crippen molar-refractivity contribution in [2.75, 3.05) is 6.61 Å². The topological polar surface area (TPSA) is 73.1 Å². The van der Waals surface area contributed by atoms with Gasteiger partial charge < -0.3 is 13.9 Å². The zero-order valence-electron chi connectivity index (χ0n) is 14.1. The van der Waals surface area contributed by atoms with E-state index in [1.54, 1.807) is 30.3 Å². The van der Waals surface area contributed by atoms with Crippen LogP contribution < -0.4 is 14.9 Å². The Bertz CT molecular complexity index is 999. The van der Waals surface area contributed by atoms with Crippen molar-refractivity contribution in [2.45, 2.75) is 6.10 Å². The van der Waals surface area contributed by atoms with E-state index in [1.807, 2.05) is 30.3 Å². The molecule has 1 aliphatic rings. The van der Waals surface area contributed by atoms with E-state index in [0.29, 0.717) is 28.0 Å². The largest absolute Gasteiger partial charge is 0.485 e. The minimum atomic E-state index is -0.768. The summed E-state index contributed by atoms with van der Waals surface area (Å²) in [6, 6.07) is 18.1. The number of carbonyl (C=O) groups excluding carboxylic acids is 1. The van der Waals surface area contributed by atoms with Crippen LogP contribution in [0.15, 0.2) is 70.2 Å². The van der Waals surface area contributed by atoms with Gasteiger partial charge >= 0.3 is 0 Å². The highest BCUT2D eigenvalue weighted by Crippen LogP contribution is 2.30. The van der Waals surface area contributed by atoms with Gasteiger partial charge in [-0.05, 0) is 36.4 Å². The SMILES string of the molecule is O=C(N/N=C\c1ccc(-c2cccc(Cl)c2)o1)[C@H]1COc2ccccc2O1. The van der Waals surface area contributed by atoms with Crippen molar-refractivity contribution in [3.05, 3.63) is 71.4 Å². The third kappa shape index (κ3) is 3.96. The van der Waals surface area contributed by atoms with Gasteiger partial charge in [-0.2, -0.15) is 5.10 Å². The molecule has 0 saturated heterocycles. The smallest absolute Gasteiger partial charge is 0.284 e. The Hall–Kier alpha value is -3.25. The predicted octanol–water partition coefficient (Wildman–Crippen LogP) is 3.89. The van der Waals surface area contributed by atoms with E-state index in [4.69, 9.17) is 25.5 Å². The van der Waals surface area contributed by atoms with Gasteiger partial charge in [0.15, 0.2) is 11.5 Å². The zero-order chi connectivity index (χ0) is 18.6. The van der Waals surface area contributed by atoms with E-state index in [1.165, 1.54) is 6.21 Å². The van der Waals surface area contributed by atoms with E-state index in [-0.39, 0.29) is 6.61 Å². The van der Waals surface area contributed by atoms with Gasteiger partial charge in [-0.1, -0.05) is 35.9 Å². The lowest BCUT2D eigenvalue weighted by molar-refractivity contribution is -0.130. The summed E-state index contributed by atoms with van der Waals surface area (Å²) in [6.07, 6.45) is 0.652. The van der Waals surface area contributed by atoms with Crippen LogP contribution in [0.4, 0.5) is 0 Å². The number of hydrazone groups is 1. The second-order valence-corrected chi connectivity index (χ2v) is 6.25. The Kier molecular flexibility index (Phi) is 4.80. The van der Waals surface area contributed by atoms with Crippen LogP contribution in [0.3, 0.4) is 0 Å². The maximum atomic E-state index is 12.2. The molecule has 0 spiro atoms. The van der Waals surface area contributed by atoms with Crippen LogP contribution in [-0.2, 0) is 4.79 Å². The van der Waals surface area contributed by atoms with Gasteiger partial charge in [0.25, 0.3) is 5.91 Å². The number of hydrogen-bond donors (Lipinski definition) is 1. The Morgan fingerprint density at radius 1 is 1.11 bits per heavy atom. The minimum absolute atomic E-state index is 0.123. The lowest BCUT2D eigenvalue weighted by atomic mass is 10.2. The number of rotatable bonds is 4. The van der Waals surface area contributed by atoms with E-state index < -0.39 is 12.0 Å². The predicted molar refractivity (Wildman–Crippen MR) is 101 cm³/mol. The first kappa shape index (κ1) is 17.2. The first-order valence-electron chi connectivity index (χ1n) is 8.26. The molecular formula is C20H15ClN2O4. The van der Waals surface area contributed by atoms with Gasteiger partial charge in [-0.3, -0.25) is 4.79 Å². The molecule has 1 aromatic heterocycles. The number of nitrogens with zero attached hydrogens (tertiary/aromatic N) is 1. The molecule has 1 amide bonds. The van der Waals surface area contributed by atoms with Crippen LogP contribution in [0.2, 0.25) is 5.02 Å². The number of carbonyl (C=O) groups is 1. The molecule has 0 aliphatic carbocycles. The van der Waals surface area contributed by atoms with Crippen LogP contribution in [-0.4, -0.2) is 24.8 Å². The second-order valence-electron chi connectivity index (χ2n) is 5.81. The van der Waals surface area contributed by atoms with Gasteiger partial charge in [0, 0.05) is 10.6 Å². The average Bonchev–Trinajstić information content (AvgIpc) is 3.16. The highest BCUT2D eigenvalue weighted by molar-refractivity contribution is 6.30. The molecule has 0 fully saturated rings. The molecule has 3 aromatic rings. The van der Waals surface area contributed by atoms with E-state index >= 15 is 0 Å². The quantitative estimate of drug-likeness (QED) is 0.548. The van der Waals surface area contributed by atoms with Crippen molar-refractivity contribution in [3.8, 4) is 22.8 Å². The van der Waals surface area contributed by atoms with Gasteiger partial charge in [0.05, 0.1) is 6.21 Å². The highest BCUT2D eigenvalue weighted by atomic mass is 35.5. The van der Waals surface area contributed by atoms with Crippen molar-refractivity contribution in [2.24, 2.45) is 5.10 Å². The monoisotopic (exact) mass is 382 g/mol. The molecule has 0 unspecified atom stereocenters. The summed E-state index contributed by atoms with van der Waals surface area (Å²) >= 11 is 5.99. The maximum absolute atomic E-state index is 12.2. The number of nitrogens with one attached hydrogen (secondary N) is 1. The maximum Gasteiger partial charge on any atom is 0.284 e. The highest BCUT2D eigenvalue weighted by Gasteiger charge is 2.26. The lowest BCUT2D eigenvalue weighted by Crippen LogP contribution is -2.42. The van der Waals surface area contributed by atoms with Crippen LogP contribution in [0.1, 0.15) is 5.76 Å². The molecule has 27 heavy (non-hydrogen) atoms.